The third kappa shape index (κ3) is 5.58. The second kappa shape index (κ2) is 9.55. The lowest BCUT2D eigenvalue weighted by molar-refractivity contribution is -0.143. The molecular weight excluding hydrogens is 499 g/mol. The van der Waals surface area contributed by atoms with Crippen LogP contribution in [0, 0.1) is 6.92 Å². The Labute approximate surface area is 217 Å². The van der Waals surface area contributed by atoms with Gasteiger partial charge in [0.2, 0.25) is 5.89 Å². The monoisotopic (exact) mass is 527 g/mol. The first kappa shape index (κ1) is 25.9. The van der Waals surface area contributed by atoms with Crippen molar-refractivity contribution in [1.82, 2.24) is 19.3 Å². The van der Waals surface area contributed by atoms with Gasteiger partial charge in [-0.05, 0) is 51.9 Å². The summed E-state index contributed by atoms with van der Waals surface area (Å²) in [7, 11) is 0. The number of benzene rings is 1. The number of imidazole rings is 1. The number of carbonyl (C=O) groups excluding carboxylic acids is 1. The molecule has 0 aliphatic carbocycles. The van der Waals surface area contributed by atoms with Gasteiger partial charge in [-0.15, -0.1) is 0 Å². The van der Waals surface area contributed by atoms with Crippen LogP contribution in [0.5, 0.6) is 0 Å². The van der Waals surface area contributed by atoms with Crippen LogP contribution in [0.4, 0.5) is 18.9 Å². The number of fused-ring (bicyclic) bond motifs is 1. The number of amides is 1. The topological polar surface area (TPSA) is 95.9 Å². The van der Waals surface area contributed by atoms with E-state index in [-0.39, 0.29) is 18.2 Å². The molecule has 0 spiro atoms. The van der Waals surface area contributed by atoms with Gasteiger partial charge in [-0.3, -0.25) is 9.69 Å². The molecule has 38 heavy (non-hydrogen) atoms. The van der Waals surface area contributed by atoms with Crippen molar-refractivity contribution in [3.63, 3.8) is 0 Å². The van der Waals surface area contributed by atoms with Crippen molar-refractivity contribution in [1.29, 1.82) is 0 Å². The van der Waals surface area contributed by atoms with Crippen molar-refractivity contribution < 1.29 is 27.5 Å². The average molecular weight is 528 g/mol. The zero-order chi connectivity index (χ0) is 27.2. The van der Waals surface area contributed by atoms with E-state index in [0.29, 0.717) is 41.4 Å². The quantitative estimate of drug-likeness (QED) is 0.361. The van der Waals surface area contributed by atoms with Crippen LogP contribution in [0.15, 0.2) is 53.4 Å². The lowest BCUT2D eigenvalue weighted by Crippen LogP contribution is -2.32. The van der Waals surface area contributed by atoms with Gasteiger partial charge in [-0.2, -0.15) is 13.2 Å². The van der Waals surface area contributed by atoms with E-state index < -0.39 is 24.2 Å². The van der Waals surface area contributed by atoms with E-state index in [9.17, 15) is 23.1 Å². The smallest absolute Gasteiger partial charge is 0.401 e. The molecule has 3 aromatic heterocycles. The molecule has 1 atom stereocenters. The number of anilines is 1. The summed E-state index contributed by atoms with van der Waals surface area (Å²) in [5.74, 6) is -0.347. The van der Waals surface area contributed by atoms with E-state index in [1.165, 1.54) is 11.2 Å². The van der Waals surface area contributed by atoms with Gasteiger partial charge in [0.15, 0.2) is 5.69 Å². The van der Waals surface area contributed by atoms with E-state index in [4.69, 9.17) is 4.42 Å². The largest absolute Gasteiger partial charge is 0.444 e. The first-order valence-electron chi connectivity index (χ1n) is 12.2. The second-order valence-electron chi connectivity index (χ2n) is 10.3. The Morgan fingerprint density at radius 3 is 2.71 bits per heavy atom. The maximum absolute atomic E-state index is 13.1. The van der Waals surface area contributed by atoms with Crippen molar-refractivity contribution in [2.24, 2.45) is 0 Å². The number of aliphatic hydroxyl groups is 1. The number of hydrogen-bond donors (Lipinski definition) is 2. The molecule has 1 unspecified atom stereocenters. The van der Waals surface area contributed by atoms with Gasteiger partial charge in [0.1, 0.15) is 11.9 Å². The highest BCUT2D eigenvalue weighted by Gasteiger charge is 2.35. The predicted octanol–water partition coefficient (Wildman–Crippen LogP) is 5.13. The molecule has 1 fully saturated rings. The summed E-state index contributed by atoms with van der Waals surface area (Å²) >= 11 is 0. The standard InChI is InChI=1S/C27H28F3N5O3/c1-16-5-4-6-17(9-16)25-33-22(14-38-25)24(36)32-21-13-35-12-20(31-23(35)10-19(21)26(2,3)37)18-7-8-34(11-18)15-27(28,29)30/h4-6,9-10,12-14,18,37H,7-8,11,15H2,1-3H3,(H,32,36). The van der Waals surface area contributed by atoms with Crippen molar-refractivity contribution >= 4 is 17.2 Å². The molecule has 1 aliphatic rings. The zero-order valence-corrected chi connectivity index (χ0v) is 21.2. The molecule has 11 heteroatoms. The SMILES string of the molecule is Cc1cccc(-c2nc(C(=O)Nc3cn4cc(C5CCN(CC(F)(F)F)C5)nc4cc3C(C)(C)O)co2)c1. The summed E-state index contributed by atoms with van der Waals surface area (Å²) in [5, 5.41) is 13.6. The maximum Gasteiger partial charge on any atom is 0.401 e. The Bertz CT molecular complexity index is 1490. The summed E-state index contributed by atoms with van der Waals surface area (Å²) in [6, 6.07) is 9.23. The predicted molar refractivity (Wildman–Crippen MR) is 135 cm³/mol. The average Bonchev–Trinajstić information content (AvgIpc) is 3.56. The Hall–Kier alpha value is -3.70. The molecule has 1 aliphatic heterocycles. The van der Waals surface area contributed by atoms with Crippen molar-refractivity contribution in [2.75, 3.05) is 25.0 Å². The van der Waals surface area contributed by atoms with Gasteiger partial charge >= 0.3 is 6.18 Å². The molecule has 5 rings (SSSR count). The van der Waals surface area contributed by atoms with Crippen LogP contribution in [0.25, 0.3) is 17.1 Å². The zero-order valence-electron chi connectivity index (χ0n) is 21.2. The summed E-state index contributed by atoms with van der Waals surface area (Å²) in [6.45, 7) is 4.80. The van der Waals surface area contributed by atoms with Crippen LogP contribution in [0.3, 0.4) is 0 Å². The summed E-state index contributed by atoms with van der Waals surface area (Å²) in [5.41, 5.74) is 2.50. The van der Waals surface area contributed by atoms with Crippen molar-refractivity contribution in [2.45, 2.75) is 44.9 Å². The summed E-state index contributed by atoms with van der Waals surface area (Å²) < 4.78 is 45.6. The fourth-order valence-corrected chi connectivity index (χ4v) is 4.80. The number of hydrogen-bond acceptors (Lipinski definition) is 6. The highest BCUT2D eigenvalue weighted by Crippen LogP contribution is 2.33. The first-order valence-corrected chi connectivity index (χ1v) is 12.2. The number of likely N-dealkylation sites (tertiary alicyclic amines) is 1. The third-order valence-corrected chi connectivity index (χ3v) is 6.61. The summed E-state index contributed by atoms with van der Waals surface area (Å²) in [6.07, 6.45) is 0.996. The molecule has 0 saturated carbocycles. The Morgan fingerprint density at radius 1 is 1.21 bits per heavy atom. The number of nitrogens with one attached hydrogen (secondary N) is 1. The van der Waals surface area contributed by atoms with Gasteiger partial charge in [-0.1, -0.05) is 17.7 Å². The van der Waals surface area contributed by atoms with Crippen LogP contribution in [0.1, 0.15) is 53.5 Å². The lowest BCUT2D eigenvalue weighted by atomic mass is 9.97. The van der Waals surface area contributed by atoms with E-state index >= 15 is 0 Å². The number of pyridine rings is 1. The van der Waals surface area contributed by atoms with Gasteiger partial charge in [0.05, 0.1) is 23.5 Å². The van der Waals surface area contributed by atoms with Crippen LogP contribution in [-0.2, 0) is 5.60 Å². The molecule has 4 heterocycles. The molecule has 8 nitrogen and oxygen atoms in total. The molecule has 0 bridgehead atoms. The number of halogens is 3. The molecule has 1 saturated heterocycles. The number of carbonyl (C=O) groups is 1. The third-order valence-electron chi connectivity index (χ3n) is 6.61. The van der Waals surface area contributed by atoms with E-state index in [1.54, 1.807) is 36.7 Å². The molecule has 200 valence electrons. The van der Waals surface area contributed by atoms with Gasteiger partial charge in [0.25, 0.3) is 5.91 Å². The molecule has 1 amide bonds. The highest BCUT2D eigenvalue weighted by molar-refractivity contribution is 6.03. The minimum absolute atomic E-state index is 0.0744. The Kier molecular flexibility index (Phi) is 6.52. The van der Waals surface area contributed by atoms with E-state index in [2.05, 4.69) is 15.3 Å². The molecule has 0 radical (unpaired) electrons. The number of alkyl halides is 3. The van der Waals surface area contributed by atoms with E-state index in [1.807, 2.05) is 31.2 Å². The normalized spacial score (nSPS) is 16.9. The first-order chi connectivity index (χ1) is 17.9. The lowest BCUT2D eigenvalue weighted by Gasteiger charge is -2.22. The molecule has 4 aromatic rings. The Morgan fingerprint density at radius 2 is 2.00 bits per heavy atom. The van der Waals surface area contributed by atoms with Crippen LogP contribution in [-0.4, -0.2) is 56.1 Å². The summed E-state index contributed by atoms with van der Waals surface area (Å²) in [4.78, 5) is 23.4. The minimum Gasteiger partial charge on any atom is -0.444 e. The number of rotatable bonds is 6. The number of aromatic nitrogens is 3. The number of oxazole rings is 1. The van der Waals surface area contributed by atoms with Gasteiger partial charge < -0.3 is 19.2 Å². The Balaban J connectivity index is 1.40. The van der Waals surface area contributed by atoms with Crippen LogP contribution < -0.4 is 5.32 Å². The van der Waals surface area contributed by atoms with Crippen LogP contribution in [0.2, 0.25) is 0 Å². The van der Waals surface area contributed by atoms with Crippen LogP contribution >= 0.6 is 0 Å². The minimum atomic E-state index is -4.24. The molecular formula is C27H28F3N5O3. The van der Waals surface area contributed by atoms with Gasteiger partial charge in [-0.25, -0.2) is 9.97 Å². The molecule has 1 aromatic carbocycles. The van der Waals surface area contributed by atoms with Crippen molar-refractivity contribution in [3.05, 3.63) is 71.5 Å². The van der Waals surface area contributed by atoms with E-state index in [0.717, 1.165) is 11.1 Å². The van der Waals surface area contributed by atoms with Crippen molar-refractivity contribution in [3.8, 4) is 11.5 Å². The fraction of sp³-hybridized carbons (Fsp3) is 0.370. The molecule has 2 N–H and O–H groups in total. The fourth-order valence-electron chi connectivity index (χ4n) is 4.80. The number of aryl methyl sites for hydroxylation is 1. The maximum atomic E-state index is 13.1. The second-order valence-corrected chi connectivity index (χ2v) is 10.3. The highest BCUT2D eigenvalue weighted by atomic mass is 19.4. The van der Waals surface area contributed by atoms with Gasteiger partial charge in [0, 0.05) is 36.0 Å². The number of nitrogens with zero attached hydrogens (tertiary/aromatic N) is 4.